The molecule has 1 heterocycles. The van der Waals surface area contributed by atoms with Gasteiger partial charge in [-0.2, -0.15) is 0 Å². The standard InChI is InChI=1S/C16H16N2/c1-12-9-10-15-16(11-12)18(13(2)17-15)14-7-5-3-4-6-8-14/h3,5-11H,4H2,1-2H3. The highest BCUT2D eigenvalue weighted by Gasteiger charge is 2.09. The van der Waals surface area contributed by atoms with Crippen molar-refractivity contribution in [3.63, 3.8) is 0 Å². The first kappa shape index (κ1) is 11.0. The van der Waals surface area contributed by atoms with Gasteiger partial charge in [0.2, 0.25) is 0 Å². The maximum absolute atomic E-state index is 4.62. The van der Waals surface area contributed by atoms with Crippen LogP contribution in [0, 0.1) is 13.8 Å². The summed E-state index contributed by atoms with van der Waals surface area (Å²) in [4.78, 5) is 4.62. The molecule has 1 aromatic carbocycles. The molecular weight excluding hydrogens is 220 g/mol. The molecule has 0 bridgehead atoms. The number of aryl methyl sites for hydroxylation is 2. The maximum atomic E-state index is 4.62. The Labute approximate surface area is 107 Å². The summed E-state index contributed by atoms with van der Waals surface area (Å²) >= 11 is 0. The van der Waals surface area contributed by atoms with E-state index in [2.05, 4.69) is 72.0 Å². The fourth-order valence-electron chi connectivity index (χ4n) is 2.35. The molecule has 2 aromatic rings. The van der Waals surface area contributed by atoms with Crippen LogP contribution in [0.3, 0.4) is 0 Å². The third-order valence-corrected chi connectivity index (χ3v) is 3.20. The van der Waals surface area contributed by atoms with Crippen molar-refractivity contribution in [2.24, 2.45) is 0 Å². The summed E-state index contributed by atoms with van der Waals surface area (Å²) in [7, 11) is 0. The number of allylic oxidation sites excluding steroid dienone is 6. The molecular formula is C16H16N2. The molecule has 0 unspecified atom stereocenters. The van der Waals surface area contributed by atoms with Crippen LogP contribution in [0.2, 0.25) is 0 Å². The van der Waals surface area contributed by atoms with E-state index >= 15 is 0 Å². The second kappa shape index (κ2) is 4.30. The first-order chi connectivity index (χ1) is 8.75. The summed E-state index contributed by atoms with van der Waals surface area (Å²) in [5.41, 5.74) is 4.67. The molecule has 18 heavy (non-hydrogen) atoms. The van der Waals surface area contributed by atoms with Crippen molar-refractivity contribution in [3.8, 4) is 0 Å². The van der Waals surface area contributed by atoms with Crippen LogP contribution in [0.4, 0.5) is 0 Å². The Morgan fingerprint density at radius 2 is 2.06 bits per heavy atom. The summed E-state index contributed by atoms with van der Waals surface area (Å²) in [6.07, 6.45) is 11.7. The number of imidazole rings is 1. The van der Waals surface area contributed by atoms with Gasteiger partial charge in [-0.05, 0) is 50.1 Å². The average molecular weight is 236 g/mol. The maximum Gasteiger partial charge on any atom is 0.111 e. The minimum absolute atomic E-state index is 0.991. The van der Waals surface area contributed by atoms with Crippen molar-refractivity contribution in [1.29, 1.82) is 0 Å². The van der Waals surface area contributed by atoms with E-state index < -0.39 is 0 Å². The zero-order valence-electron chi connectivity index (χ0n) is 10.7. The van der Waals surface area contributed by atoms with Crippen LogP contribution in [0.25, 0.3) is 16.7 Å². The van der Waals surface area contributed by atoms with Gasteiger partial charge in [0, 0.05) is 5.70 Å². The Balaban J connectivity index is 2.27. The normalized spacial score (nSPS) is 14.9. The number of hydrogen-bond acceptors (Lipinski definition) is 1. The van der Waals surface area contributed by atoms with Crippen molar-refractivity contribution in [2.45, 2.75) is 20.3 Å². The molecule has 1 aliphatic carbocycles. The molecule has 0 amide bonds. The Morgan fingerprint density at radius 3 is 2.94 bits per heavy atom. The van der Waals surface area contributed by atoms with Crippen molar-refractivity contribution in [3.05, 3.63) is 60.0 Å². The number of nitrogens with zero attached hydrogens (tertiary/aromatic N) is 2. The number of aromatic nitrogens is 2. The Kier molecular flexibility index (Phi) is 2.63. The van der Waals surface area contributed by atoms with Gasteiger partial charge in [0.1, 0.15) is 5.82 Å². The lowest BCUT2D eigenvalue weighted by atomic mass is 10.2. The van der Waals surface area contributed by atoms with Crippen LogP contribution in [0.15, 0.2) is 48.6 Å². The van der Waals surface area contributed by atoms with Crippen LogP contribution in [-0.2, 0) is 0 Å². The highest BCUT2D eigenvalue weighted by Crippen LogP contribution is 2.23. The van der Waals surface area contributed by atoms with Gasteiger partial charge in [-0.3, -0.25) is 4.57 Å². The number of rotatable bonds is 1. The zero-order chi connectivity index (χ0) is 12.5. The molecule has 1 aromatic heterocycles. The Bertz CT molecular complexity index is 684. The smallest absolute Gasteiger partial charge is 0.111 e. The van der Waals surface area contributed by atoms with Gasteiger partial charge < -0.3 is 0 Å². The number of hydrogen-bond donors (Lipinski definition) is 0. The summed E-state index contributed by atoms with van der Waals surface area (Å²) in [5.74, 6) is 1.03. The molecule has 2 heteroatoms. The lowest BCUT2D eigenvalue weighted by molar-refractivity contribution is 1.03. The topological polar surface area (TPSA) is 17.8 Å². The van der Waals surface area contributed by atoms with E-state index in [-0.39, 0.29) is 0 Å². The van der Waals surface area contributed by atoms with Gasteiger partial charge in [-0.15, -0.1) is 0 Å². The average Bonchev–Trinajstić information content (AvgIpc) is 2.55. The molecule has 0 radical (unpaired) electrons. The van der Waals surface area contributed by atoms with E-state index in [1.807, 2.05) is 0 Å². The van der Waals surface area contributed by atoms with Crippen molar-refractivity contribution in [1.82, 2.24) is 9.55 Å². The van der Waals surface area contributed by atoms with Crippen LogP contribution in [0.5, 0.6) is 0 Å². The minimum Gasteiger partial charge on any atom is -0.297 e. The fraction of sp³-hybridized carbons (Fsp3) is 0.188. The molecule has 90 valence electrons. The van der Waals surface area contributed by atoms with E-state index in [0.29, 0.717) is 0 Å². The van der Waals surface area contributed by atoms with Crippen molar-refractivity contribution < 1.29 is 0 Å². The quantitative estimate of drug-likeness (QED) is 0.731. The van der Waals surface area contributed by atoms with Gasteiger partial charge in [0.05, 0.1) is 11.0 Å². The van der Waals surface area contributed by atoms with Gasteiger partial charge in [0.15, 0.2) is 0 Å². The Morgan fingerprint density at radius 1 is 1.17 bits per heavy atom. The van der Waals surface area contributed by atoms with E-state index in [4.69, 9.17) is 0 Å². The summed E-state index contributed by atoms with van der Waals surface area (Å²) < 4.78 is 2.22. The van der Waals surface area contributed by atoms with Gasteiger partial charge in [-0.1, -0.05) is 24.3 Å². The second-order valence-corrected chi connectivity index (χ2v) is 4.64. The molecule has 0 N–H and O–H groups in total. The van der Waals surface area contributed by atoms with E-state index in [0.717, 1.165) is 17.8 Å². The molecule has 3 rings (SSSR count). The largest absolute Gasteiger partial charge is 0.297 e. The molecule has 0 atom stereocenters. The minimum atomic E-state index is 0.991. The number of fused-ring (bicyclic) bond motifs is 1. The molecule has 0 saturated carbocycles. The monoisotopic (exact) mass is 236 g/mol. The highest BCUT2D eigenvalue weighted by molar-refractivity contribution is 5.82. The number of benzene rings is 1. The van der Waals surface area contributed by atoms with Crippen LogP contribution in [0.1, 0.15) is 17.8 Å². The van der Waals surface area contributed by atoms with E-state index in [9.17, 15) is 0 Å². The van der Waals surface area contributed by atoms with Crippen molar-refractivity contribution in [2.75, 3.05) is 0 Å². The van der Waals surface area contributed by atoms with E-state index in [1.54, 1.807) is 0 Å². The highest BCUT2D eigenvalue weighted by atomic mass is 15.1. The summed E-state index contributed by atoms with van der Waals surface area (Å²) in [5, 5.41) is 0. The van der Waals surface area contributed by atoms with Crippen LogP contribution in [-0.4, -0.2) is 9.55 Å². The molecule has 2 nitrogen and oxygen atoms in total. The first-order valence-electron chi connectivity index (χ1n) is 6.25. The van der Waals surface area contributed by atoms with Gasteiger partial charge in [-0.25, -0.2) is 4.98 Å². The van der Waals surface area contributed by atoms with E-state index in [1.165, 1.54) is 16.8 Å². The summed E-state index contributed by atoms with van der Waals surface area (Å²) in [6, 6.07) is 6.39. The lowest BCUT2D eigenvalue weighted by Gasteiger charge is -2.07. The van der Waals surface area contributed by atoms with Crippen molar-refractivity contribution >= 4 is 16.7 Å². The molecule has 0 fully saturated rings. The zero-order valence-corrected chi connectivity index (χ0v) is 10.7. The third kappa shape index (κ3) is 1.80. The molecule has 0 saturated heterocycles. The Hall–Kier alpha value is -2.09. The molecule has 1 aliphatic rings. The van der Waals surface area contributed by atoms with Gasteiger partial charge >= 0.3 is 0 Å². The third-order valence-electron chi connectivity index (χ3n) is 3.20. The lowest BCUT2D eigenvalue weighted by Crippen LogP contribution is -1.97. The first-order valence-corrected chi connectivity index (χ1v) is 6.25. The fourth-order valence-corrected chi connectivity index (χ4v) is 2.35. The predicted octanol–water partition coefficient (Wildman–Crippen LogP) is 4.01. The SMILES string of the molecule is Cc1ccc2nc(C)n(C3=CC=CCC=C3)c2c1. The second-order valence-electron chi connectivity index (χ2n) is 4.64. The summed E-state index contributed by atoms with van der Waals surface area (Å²) in [6.45, 7) is 4.17. The predicted molar refractivity (Wildman–Crippen MR) is 76.4 cm³/mol. The van der Waals surface area contributed by atoms with Crippen LogP contribution >= 0.6 is 0 Å². The molecule has 0 aliphatic heterocycles. The van der Waals surface area contributed by atoms with Gasteiger partial charge in [0.25, 0.3) is 0 Å². The van der Waals surface area contributed by atoms with Crippen LogP contribution < -0.4 is 0 Å². The molecule has 0 spiro atoms.